The fraction of sp³-hybridized carbons (Fsp3) is 0.0339. The quantitative estimate of drug-likeness (QED) is 0.173. The Bertz CT molecular complexity index is 4440. The summed E-state index contributed by atoms with van der Waals surface area (Å²) in [5.41, 5.74) is 13.6. The molecule has 8 heteroatoms. The van der Waals surface area contributed by atoms with Gasteiger partial charge in [-0.2, -0.15) is 9.97 Å². The molecule has 0 spiro atoms. The van der Waals surface area contributed by atoms with E-state index >= 15 is 0 Å². The number of benzene rings is 8. The maximum Gasteiger partial charge on any atom is 0.238 e. The first-order valence-electron chi connectivity index (χ1n) is 22.9. The zero-order valence-corrected chi connectivity index (χ0v) is 36.1. The Hall–Kier alpha value is -9.01. The van der Waals surface area contributed by atoms with Crippen LogP contribution in [0.3, 0.4) is 0 Å². The highest BCUT2D eigenvalue weighted by Crippen LogP contribution is 2.45. The van der Waals surface area contributed by atoms with Crippen LogP contribution in [0.5, 0.6) is 0 Å². The van der Waals surface area contributed by atoms with E-state index in [1.54, 1.807) is 0 Å². The van der Waals surface area contributed by atoms with E-state index in [2.05, 4.69) is 217 Å². The van der Waals surface area contributed by atoms with E-state index in [0.717, 1.165) is 73.5 Å². The normalized spacial score (nSPS) is 13.3. The van der Waals surface area contributed by atoms with Gasteiger partial charge in [0, 0.05) is 60.2 Å². The maximum absolute atomic E-state index is 5.79. The number of para-hydroxylation sites is 6. The smallest absolute Gasteiger partial charge is 0.238 e. The summed E-state index contributed by atoms with van der Waals surface area (Å²) in [5, 5.41) is 9.42. The number of rotatable bonds is 5. The van der Waals surface area contributed by atoms with Crippen molar-refractivity contribution in [2.24, 2.45) is 0 Å². The lowest BCUT2D eigenvalue weighted by Gasteiger charge is -2.15. The number of imidazole rings is 1. The zero-order valence-electron chi connectivity index (χ0n) is 36.1. The third-order valence-corrected chi connectivity index (χ3v) is 14.0. The molecule has 0 bridgehead atoms. The van der Waals surface area contributed by atoms with Gasteiger partial charge in [0.25, 0.3) is 0 Å². The lowest BCUT2D eigenvalue weighted by atomic mass is 10.1. The average molecular weight is 859 g/mol. The number of hydrogen-bond donors (Lipinski definition) is 0. The molecule has 6 aromatic heterocycles. The lowest BCUT2D eigenvalue weighted by Crippen LogP contribution is -2.09. The molecule has 0 unspecified atom stereocenters. The van der Waals surface area contributed by atoms with E-state index in [0.29, 0.717) is 22.9 Å². The summed E-state index contributed by atoms with van der Waals surface area (Å²) >= 11 is 0. The van der Waals surface area contributed by atoms with Crippen molar-refractivity contribution in [1.29, 1.82) is 0 Å². The molecule has 0 saturated heterocycles. The predicted molar refractivity (Wildman–Crippen MR) is 275 cm³/mol. The van der Waals surface area contributed by atoms with Crippen LogP contribution in [0.2, 0.25) is 0 Å². The van der Waals surface area contributed by atoms with Gasteiger partial charge in [0.1, 0.15) is 6.33 Å². The summed E-state index contributed by atoms with van der Waals surface area (Å²) in [5.74, 6) is 1.27. The van der Waals surface area contributed by atoms with Gasteiger partial charge in [0.05, 0.1) is 44.1 Å². The van der Waals surface area contributed by atoms with Gasteiger partial charge >= 0.3 is 0 Å². The molecule has 314 valence electrons. The summed E-state index contributed by atoms with van der Waals surface area (Å²) in [6, 6.07) is 65.2. The highest BCUT2D eigenvalue weighted by atomic mass is 15.3. The topological polar surface area (TPSA) is 63.3 Å². The SMILES string of the molecule is C1=CCCC(n2c3ccccc3c3ccc4c(c5ccccc5n4-c4nc(-n5c6ccccc6c6ccc7c8ccccc8n(-c8ccccc8)c7c65)c5ncn(-c6ccccc6)c5n4)c32)=C1. The molecule has 0 saturated carbocycles. The molecular formula is C59H38N8. The first kappa shape index (κ1) is 36.3. The fourth-order valence-corrected chi connectivity index (χ4v) is 11.3. The molecule has 0 aliphatic heterocycles. The van der Waals surface area contributed by atoms with Crippen LogP contribution in [-0.2, 0) is 0 Å². The summed E-state index contributed by atoms with van der Waals surface area (Å²) in [7, 11) is 0. The van der Waals surface area contributed by atoms with Crippen molar-refractivity contribution in [3.8, 4) is 23.1 Å². The monoisotopic (exact) mass is 858 g/mol. The third kappa shape index (κ3) is 4.98. The van der Waals surface area contributed by atoms with Crippen molar-refractivity contribution >= 4 is 104 Å². The van der Waals surface area contributed by atoms with Crippen molar-refractivity contribution in [2.45, 2.75) is 12.8 Å². The summed E-state index contributed by atoms with van der Waals surface area (Å²) in [6.07, 6.45) is 10.6. The number of allylic oxidation sites excluding steroid dienone is 4. The fourth-order valence-electron chi connectivity index (χ4n) is 11.3. The van der Waals surface area contributed by atoms with E-state index < -0.39 is 0 Å². The van der Waals surface area contributed by atoms with Crippen LogP contribution in [0.15, 0.2) is 207 Å². The standard InChI is InChI=1S/C59H38N8/c1-4-18-37(19-5-1)63-36-60-53-57(63)61-59(66-50-31-17-13-27-46(50)52-51(66)35-34-43-40-24-10-14-28-47(40)64(54(43)52)38-20-6-2-7-21-38)62-58(53)67-49-30-16-12-26-42(49)45-33-32-44-41-25-11-15-29-48(41)65(55(44)56(45)67)39-22-8-3-9-23-39/h1-6,8-20,22-36H,7,21H2. The van der Waals surface area contributed by atoms with Gasteiger partial charge in [-0.05, 0) is 73.5 Å². The van der Waals surface area contributed by atoms with E-state index in [9.17, 15) is 0 Å². The molecule has 8 nitrogen and oxygen atoms in total. The molecule has 0 atom stereocenters. The predicted octanol–water partition coefficient (Wildman–Crippen LogP) is 14.4. The van der Waals surface area contributed by atoms with Crippen molar-refractivity contribution in [3.05, 3.63) is 207 Å². The van der Waals surface area contributed by atoms with Gasteiger partial charge < -0.3 is 9.13 Å². The van der Waals surface area contributed by atoms with Gasteiger partial charge in [0.2, 0.25) is 5.95 Å². The second kappa shape index (κ2) is 13.7. The Morgan fingerprint density at radius 3 is 1.60 bits per heavy atom. The number of aromatic nitrogens is 8. The van der Waals surface area contributed by atoms with E-state index in [1.165, 1.54) is 43.7 Å². The highest BCUT2D eigenvalue weighted by molar-refractivity contribution is 6.27. The first-order chi connectivity index (χ1) is 33.3. The van der Waals surface area contributed by atoms with Crippen LogP contribution >= 0.6 is 0 Å². The number of nitrogens with zero attached hydrogens (tertiary/aromatic N) is 8. The van der Waals surface area contributed by atoms with Crippen molar-refractivity contribution in [1.82, 2.24) is 37.8 Å². The Morgan fingerprint density at radius 1 is 0.403 bits per heavy atom. The van der Waals surface area contributed by atoms with Crippen LogP contribution in [0.1, 0.15) is 12.8 Å². The van der Waals surface area contributed by atoms with Gasteiger partial charge in [-0.3, -0.25) is 13.7 Å². The van der Waals surface area contributed by atoms with Crippen LogP contribution < -0.4 is 0 Å². The second-order valence-electron chi connectivity index (χ2n) is 17.6. The molecular weight excluding hydrogens is 821 g/mol. The second-order valence-corrected chi connectivity index (χ2v) is 17.6. The minimum absolute atomic E-state index is 0.565. The largest absolute Gasteiger partial charge is 0.312 e. The van der Waals surface area contributed by atoms with Crippen molar-refractivity contribution in [2.75, 3.05) is 0 Å². The first-order valence-corrected chi connectivity index (χ1v) is 22.9. The molecule has 67 heavy (non-hydrogen) atoms. The van der Waals surface area contributed by atoms with Crippen LogP contribution in [0.4, 0.5) is 0 Å². The van der Waals surface area contributed by atoms with Crippen LogP contribution in [-0.4, -0.2) is 37.8 Å². The van der Waals surface area contributed by atoms with E-state index in [-0.39, 0.29) is 0 Å². The average Bonchev–Trinajstić information content (AvgIpc) is 4.21. The van der Waals surface area contributed by atoms with Gasteiger partial charge in [-0.15, -0.1) is 0 Å². The van der Waals surface area contributed by atoms with Crippen LogP contribution in [0, 0.1) is 0 Å². The third-order valence-electron chi connectivity index (χ3n) is 14.0. The lowest BCUT2D eigenvalue weighted by molar-refractivity contribution is 0.956. The maximum atomic E-state index is 5.79. The highest BCUT2D eigenvalue weighted by Gasteiger charge is 2.27. The van der Waals surface area contributed by atoms with Crippen LogP contribution in [0.25, 0.3) is 127 Å². The van der Waals surface area contributed by atoms with E-state index in [4.69, 9.17) is 15.0 Å². The van der Waals surface area contributed by atoms with Gasteiger partial charge in [0.15, 0.2) is 17.0 Å². The molecule has 0 radical (unpaired) electrons. The Labute approximate surface area is 382 Å². The number of hydrogen-bond acceptors (Lipinski definition) is 3. The van der Waals surface area contributed by atoms with Gasteiger partial charge in [-0.25, -0.2) is 4.98 Å². The molecule has 1 aliphatic rings. The van der Waals surface area contributed by atoms with E-state index in [1.807, 2.05) is 12.4 Å². The Balaban J connectivity index is 1.12. The molecule has 0 amide bonds. The minimum Gasteiger partial charge on any atom is -0.312 e. The molecule has 14 aromatic rings. The summed E-state index contributed by atoms with van der Waals surface area (Å²) in [4.78, 5) is 16.6. The summed E-state index contributed by atoms with van der Waals surface area (Å²) < 4.78 is 11.6. The summed E-state index contributed by atoms with van der Waals surface area (Å²) in [6.45, 7) is 0. The van der Waals surface area contributed by atoms with Gasteiger partial charge in [-0.1, -0.05) is 140 Å². The minimum atomic E-state index is 0.565. The molecule has 1 aliphatic carbocycles. The molecule has 8 aromatic carbocycles. The molecule has 6 heterocycles. The van der Waals surface area contributed by atoms with Crippen molar-refractivity contribution in [3.63, 3.8) is 0 Å². The molecule has 15 rings (SSSR count). The Kier molecular flexibility index (Phi) is 7.46. The molecule has 0 fully saturated rings. The Morgan fingerprint density at radius 2 is 0.940 bits per heavy atom. The number of fused-ring (bicyclic) bond motifs is 15. The van der Waals surface area contributed by atoms with Crippen molar-refractivity contribution < 1.29 is 0 Å². The molecule has 0 N–H and O–H groups in total. The zero-order chi connectivity index (χ0) is 43.7.